The van der Waals surface area contributed by atoms with Crippen molar-refractivity contribution >= 4 is 23.2 Å². The smallest absolute Gasteiger partial charge is 0.348 e. The molecule has 0 aliphatic heterocycles. The second-order valence-electron chi connectivity index (χ2n) is 5.75. The van der Waals surface area contributed by atoms with Gasteiger partial charge in [-0.05, 0) is 47.4 Å². The molecule has 0 spiro atoms. The summed E-state index contributed by atoms with van der Waals surface area (Å²) in [4.78, 5) is 12.3. The molecular formula is C18H17Cl2N3O2. The number of aromatic nitrogens is 3. The van der Waals surface area contributed by atoms with E-state index in [-0.39, 0.29) is 11.7 Å². The molecule has 0 saturated heterocycles. The minimum atomic E-state index is -0.226. The van der Waals surface area contributed by atoms with Gasteiger partial charge in [-0.15, -0.1) is 5.10 Å². The molecule has 0 N–H and O–H groups in total. The first kappa shape index (κ1) is 17.6. The van der Waals surface area contributed by atoms with Crippen molar-refractivity contribution in [1.29, 1.82) is 0 Å². The first-order chi connectivity index (χ1) is 11.9. The molecule has 3 aromatic rings. The molecule has 130 valence electrons. The van der Waals surface area contributed by atoms with E-state index in [4.69, 9.17) is 27.9 Å². The number of ether oxygens (including phenoxy) is 1. The van der Waals surface area contributed by atoms with Gasteiger partial charge < -0.3 is 4.74 Å². The SMILES string of the molecule is COc1nn(C)c(=O)n1Cc1cc(-c2ccc(Cl)c(Cl)c2)ccc1C. The van der Waals surface area contributed by atoms with Gasteiger partial charge in [0.2, 0.25) is 0 Å². The summed E-state index contributed by atoms with van der Waals surface area (Å²) in [6.07, 6.45) is 0. The molecule has 1 aromatic heterocycles. The minimum absolute atomic E-state index is 0.226. The Morgan fingerprint density at radius 3 is 2.44 bits per heavy atom. The van der Waals surface area contributed by atoms with Crippen LogP contribution < -0.4 is 10.4 Å². The van der Waals surface area contributed by atoms with E-state index in [2.05, 4.69) is 5.10 Å². The lowest BCUT2D eigenvalue weighted by molar-refractivity contribution is 0.357. The average molecular weight is 378 g/mol. The Kier molecular flexibility index (Phi) is 4.88. The van der Waals surface area contributed by atoms with E-state index in [9.17, 15) is 4.79 Å². The van der Waals surface area contributed by atoms with Crippen molar-refractivity contribution < 1.29 is 4.74 Å². The van der Waals surface area contributed by atoms with Crippen LogP contribution in [0, 0.1) is 6.92 Å². The molecule has 0 radical (unpaired) electrons. The van der Waals surface area contributed by atoms with E-state index in [0.29, 0.717) is 16.6 Å². The van der Waals surface area contributed by atoms with E-state index in [1.807, 2.05) is 37.3 Å². The van der Waals surface area contributed by atoms with E-state index in [0.717, 1.165) is 22.3 Å². The number of hydrogen-bond acceptors (Lipinski definition) is 3. The van der Waals surface area contributed by atoms with Crippen LogP contribution >= 0.6 is 23.2 Å². The Hall–Kier alpha value is -2.24. The number of nitrogens with zero attached hydrogens (tertiary/aromatic N) is 3. The van der Waals surface area contributed by atoms with Gasteiger partial charge in [0, 0.05) is 7.05 Å². The van der Waals surface area contributed by atoms with Crippen molar-refractivity contribution in [3.8, 4) is 17.1 Å². The zero-order chi connectivity index (χ0) is 18.1. The van der Waals surface area contributed by atoms with Crippen LogP contribution in [0.3, 0.4) is 0 Å². The molecule has 0 amide bonds. The first-order valence-electron chi connectivity index (χ1n) is 7.63. The molecule has 0 atom stereocenters. The van der Waals surface area contributed by atoms with E-state index in [1.54, 1.807) is 13.1 Å². The lowest BCUT2D eigenvalue weighted by atomic mass is 9.99. The molecule has 0 aliphatic rings. The van der Waals surface area contributed by atoms with Crippen molar-refractivity contribution in [3.63, 3.8) is 0 Å². The van der Waals surface area contributed by atoms with Gasteiger partial charge in [-0.1, -0.05) is 41.4 Å². The van der Waals surface area contributed by atoms with Crippen LogP contribution in [0.4, 0.5) is 0 Å². The molecule has 2 aromatic carbocycles. The molecule has 0 bridgehead atoms. The van der Waals surface area contributed by atoms with Crippen LogP contribution in [0.25, 0.3) is 11.1 Å². The van der Waals surface area contributed by atoms with E-state index in [1.165, 1.54) is 16.4 Å². The Morgan fingerprint density at radius 1 is 1.08 bits per heavy atom. The van der Waals surface area contributed by atoms with Gasteiger partial charge >= 0.3 is 11.7 Å². The van der Waals surface area contributed by atoms with Crippen LogP contribution in [0.1, 0.15) is 11.1 Å². The molecule has 0 aliphatic carbocycles. The van der Waals surface area contributed by atoms with Gasteiger partial charge in [-0.25, -0.2) is 14.0 Å². The second kappa shape index (κ2) is 6.94. The quantitative estimate of drug-likeness (QED) is 0.692. The summed E-state index contributed by atoms with van der Waals surface area (Å²) >= 11 is 12.1. The van der Waals surface area contributed by atoms with Crippen LogP contribution in [0.2, 0.25) is 10.0 Å². The van der Waals surface area contributed by atoms with Crippen LogP contribution in [-0.2, 0) is 13.6 Å². The fraction of sp³-hybridized carbons (Fsp3) is 0.222. The first-order valence-corrected chi connectivity index (χ1v) is 8.39. The summed E-state index contributed by atoms with van der Waals surface area (Å²) in [6, 6.07) is 11.9. The maximum Gasteiger partial charge on any atom is 0.348 e. The van der Waals surface area contributed by atoms with Gasteiger partial charge in [0.15, 0.2) is 0 Å². The third kappa shape index (κ3) is 3.43. The molecule has 0 saturated carbocycles. The molecule has 5 nitrogen and oxygen atoms in total. The fourth-order valence-corrected chi connectivity index (χ4v) is 2.93. The molecule has 1 heterocycles. The monoisotopic (exact) mass is 377 g/mol. The maximum atomic E-state index is 12.3. The Labute approximate surface area is 155 Å². The highest BCUT2D eigenvalue weighted by atomic mass is 35.5. The number of aryl methyl sites for hydroxylation is 2. The van der Waals surface area contributed by atoms with Crippen molar-refractivity contribution in [2.45, 2.75) is 13.5 Å². The van der Waals surface area contributed by atoms with Crippen molar-refractivity contribution in [3.05, 3.63) is 68.1 Å². The highest BCUT2D eigenvalue weighted by Crippen LogP contribution is 2.29. The average Bonchev–Trinajstić information content (AvgIpc) is 2.87. The number of benzene rings is 2. The standard InChI is InChI=1S/C18H17Cl2N3O2/c1-11-4-5-12(13-6-7-15(19)16(20)9-13)8-14(11)10-23-17(25-3)21-22(2)18(23)24/h4-9H,10H2,1-3H3. The van der Waals surface area contributed by atoms with Gasteiger partial charge in [0.1, 0.15) is 0 Å². The molecule has 0 unspecified atom stereocenters. The van der Waals surface area contributed by atoms with Gasteiger partial charge in [-0.3, -0.25) is 0 Å². The third-order valence-corrected chi connectivity index (χ3v) is 4.83. The second-order valence-corrected chi connectivity index (χ2v) is 6.56. The highest BCUT2D eigenvalue weighted by molar-refractivity contribution is 6.42. The summed E-state index contributed by atoms with van der Waals surface area (Å²) in [5, 5.41) is 5.09. The van der Waals surface area contributed by atoms with Gasteiger partial charge in [0.25, 0.3) is 0 Å². The Morgan fingerprint density at radius 2 is 1.76 bits per heavy atom. The minimum Gasteiger partial charge on any atom is -0.467 e. The molecular weight excluding hydrogens is 361 g/mol. The summed E-state index contributed by atoms with van der Waals surface area (Å²) in [5.74, 6) is 0. The summed E-state index contributed by atoms with van der Waals surface area (Å²) < 4.78 is 7.96. The molecule has 7 heteroatoms. The number of halogens is 2. The number of methoxy groups -OCH3 is 1. The number of hydrogen-bond donors (Lipinski definition) is 0. The zero-order valence-corrected chi connectivity index (χ0v) is 15.6. The topological polar surface area (TPSA) is 49.1 Å². The number of rotatable bonds is 4. The molecule has 3 rings (SSSR count). The Bertz CT molecular complexity index is 992. The fourth-order valence-electron chi connectivity index (χ4n) is 2.64. The van der Waals surface area contributed by atoms with Gasteiger partial charge in [0.05, 0.1) is 23.7 Å². The predicted molar refractivity (Wildman–Crippen MR) is 99.8 cm³/mol. The predicted octanol–water partition coefficient (Wildman–Crippen LogP) is 3.92. The van der Waals surface area contributed by atoms with Crippen LogP contribution in [-0.4, -0.2) is 21.5 Å². The lowest BCUT2D eigenvalue weighted by Crippen LogP contribution is -2.23. The van der Waals surface area contributed by atoms with Gasteiger partial charge in [-0.2, -0.15) is 0 Å². The van der Waals surface area contributed by atoms with Crippen molar-refractivity contribution in [2.75, 3.05) is 7.11 Å². The molecule has 0 fully saturated rings. The Balaban J connectivity index is 2.03. The lowest BCUT2D eigenvalue weighted by Gasteiger charge is -2.11. The van der Waals surface area contributed by atoms with Crippen molar-refractivity contribution in [1.82, 2.24) is 14.3 Å². The zero-order valence-electron chi connectivity index (χ0n) is 14.1. The van der Waals surface area contributed by atoms with E-state index < -0.39 is 0 Å². The summed E-state index contributed by atoms with van der Waals surface area (Å²) in [6.45, 7) is 2.37. The van der Waals surface area contributed by atoms with Crippen LogP contribution in [0.5, 0.6) is 6.01 Å². The largest absolute Gasteiger partial charge is 0.467 e. The maximum absolute atomic E-state index is 12.3. The van der Waals surface area contributed by atoms with Crippen molar-refractivity contribution in [2.24, 2.45) is 7.05 Å². The highest BCUT2D eigenvalue weighted by Gasteiger charge is 2.13. The summed E-state index contributed by atoms with van der Waals surface area (Å²) in [7, 11) is 3.09. The van der Waals surface area contributed by atoms with E-state index >= 15 is 0 Å². The summed E-state index contributed by atoms with van der Waals surface area (Å²) in [5.41, 5.74) is 3.80. The molecule has 25 heavy (non-hydrogen) atoms. The van der Waals surface area contributed by atoms with Crippen LogP contribution in [0.15, 0.2) is 41.2 Å². The third-order valence-electron chi connectivity index (χ3n) is 4.09. The normalized spacial score (nSPS) is 10.9.